The summed E-state index contributed by atoms with van der Waals surface area (Å²) in [6.07, 6.45) is 1.72. The Morgan fingerprint density at radius 2 is 2.20 bits per heavy atom. The van der Waals surface area contributed by atoms with Crippen molar-refractivity contribution in [3.63, 3.8) is 0 Å². The van der Waals surface area contributed by atoms with Crippen LogP contribution in [0.25, 0.3) is 0 Å². The van der Waals surface area contributed by atoms with Crippen molar-refractivity contribution >= 4 is 17.3 Å². The summed E-state index contributed by atoms with van der Waals surface area (Å²) in [6.45, 7) is 2.17. The zero-order chi connectivity index (χ0) is 14.3. The van der Waals surface area contributed by atoms with Crippen molar-refractivity contribution in [1.82, 2.24) is 4.90 Å². The molecule has 1 heterocycles. The van der Waals surface area contributed by atoms with Gasteiger partial charge < -0.3 is 5.11 Å². The minimum absolute atomic E-state index is 0.0788. The highest BCUT2D eigenvalue weighted by atomic mass is 35.5. The first-order valence-electron chi connectivity index (χ1n) is 6.88. The van der Waals surface area contributed by atoms with Gasteiger partial charge in [0, 0.05) is 31.6 Å². The Bertz CT molecular complexity index is 537. The van der Waals surface area contributed by atoms with Gasteiger partial charge in [-0.1, -0.05) is 17.7 Å². The number of fused-ring (bicyclic) bond motifs is 1. The normalized spacial score (nSPS) is 29.6. The van der Waals surface area contributed by atoms with Crippen molar-refractivity contribution in [3.8, 4) is 0 Å². The molecule has 1 N–H and O–H groups in total. The van der Waals surface area contributed by atoms with Crippen LogP contribution < -0.4 is 0 Å². The highest BCUT2D eigenvalue weighted by Crippen LogP contribution is 2.39. The van der Waals surface area contributed by atoms with E-state index in [1.165, 1.54) is 6.07 Å². The Kier molecular flexibility index (Phi) is 3.67. The lowest BCUT2D eigenvalue weighted by molar-refractivity contribution is -0.385. The zero-order valence-electron chi connectivity index (χ0n) is 11.0. The number of benzene rings is 1. The van der Waals surface area contributed by atoms with Crippen LogP contribution >= 0.6 is 11.6 Å². The highest BCUT2D eigenvalue weighted by molar-refractivity contribution is 6.31. The van der Waals surface area contributed by atoms with E-state index in [1.807, 2.05) is 0 Å². The lowest BCUT2D eigenvalue weighted by Crippen LogP contribution is -2.25. The van der Waals surface area contributed by atoms with Crippen LogP contribution in [-0.2, 0) is 6.54 Å². The number of aliphatic hydroxyl groups is 1. The Morgan fingerprint density at radius 1 is 1.40 bits per heavy atom. The van der Waals surface area contributed by atoms with Gasteiger partial charge in [0.15, 0.2) is 0 Å². The lowest BCUT2D eigenvalue weighted by atomic mass is 10.00. The number of nitro benzene ring substituents is 1. The van der Waals surface area contributed by atoms with E-state index in [4.69, 9.17) is 11.6 Å². The largest absolute Gasteiger partial charge is 0.393 e. The van der Waals surface area contributed by atoms with Crippen molar-refractivity contribution in [2.75, 3.05) is 13.1 Å². The van der Waals surface area contributed by atoms with Crippen LogP contribution in [0.3, 0.4) is 0 Å². The zero-order valence-corrected chi connectivity index (χ0v) is 11.8. The molecule has 6 heteroatoms. The molecule has 1 aromatic carbocycles. The molecule has 0 radical (unpaired) electrons. The second-order valence-corrected chi connectivity index (χ2v) is 6.16. The van der Waals surface area contributed by atoms with Crippen LogP contribution in [-0.4, -0.2) is 34.1 Å². The molecule has 1 aliphatic carbocycles. The number of nitro groups is 1. The molecule has 1 saturated heterocycles. The molecule has 108 valence electrons. The van der Waals surface area contributed by atoms with Crippen LogP contribution in [0.5, 0.6) is 0 Å². The van der Waals surface area contributed by atoms with Gasteiger partial charge in [0.25, 0.3) is 5.69 Å². The summed E-state index contributed by atoms with van der Waals surface area (Å²) in [4.78, 5) is 12.9. The summed E-state index contributed by atoms with van der Waals surface area (Å²) in [6, 6.07) is 4.79. The summed E-state index contributed by atoms with van der Waals surface area (Å²) in [5, 5.41) is 21.4. The SMILES string of the molecule is O=[N+]([O-])c1cccc(Cl)c1CN1CC2CCC(O)C2C1. The highest BCUT2D eigenvalue weighted by Gasteiger charge is 2.42. The fourth-order valence-corrected chi connectivity index (χ4v) is 3.79. The van der Waals surface area contributed by atoms with E-state index < -0.39 is 0 Å². The first-order valence-corrected chi connectivity index (χ1v) is 7.26. The Hall–Kier alpha value is -1.17. The molecule has 3 rings (SSSR count). The Morgan fingerprint density at radius 3 is 2.90 bits per heavy atom. The minimum atomic E-state index is -0.382. The van der Waals surface area contributed by atoms with E-state index >= 15 is 0 Å². The van der Waals surface area contributed by atoms with Gasteiger partial charge in [-0.25, -0.2) is 0 Å². The van der Waals surface area contributed by atoms with Gasteiger partial charge in [-0.15, -0.1) is 0 Å². The monoisotopic (exact) mass is 296 g/mol. The average Bonchev–Trinajstić information content (AvgIpc) is 2.94. The van der Waals surface area contributed by atoms with Crippen molar-refractivity contribution in [2.24, 2.45) is 11.8 Å². The summed E-state index contributed by atoms with van der Waals surface area (Å²) >= 11 is 6.12. The van der Waals surface area contributed by atoms with Gasteiger partial charge in [-0.3, -0.25) is 15.0 Å². The molecule has 1 aromatic rings. The fraction of sp³-hybridized carbons (Fsp3) is 0.571. The van der Waals surface area contributed by atoms with E-state index in [2.05, 4.69) is 4.90 Å². The first kappa shape index (κ1) is 13.8. The molecule has 0 bridgehead atoms. The third kappa shape index (κ3) is 2.41. The standard InChI is InChI=1S/C14H17ClN2O3/c15-12-2-1-3-13(17(19)20)11(12)8-16-6-9-4-5-14(18)10(9)7-16/h1-3,9-10,14,18H,4-8H2. The molecule has 0 amide bonds. The average molecular weight is 297 g/mol. The molecule has 0 spiro atoms. The van der Waals surface area contributed by atoms with Crippen LogP contribution in [0.4, 0.5) is 5.69 Å². The summed E-state index contributed by atoms with van der Waals surface area (Å²) in [7, 11) is 0. The van der Waals surface area contributed by atoms with Crippen molar-refractivity contribution in [3.05, 3.63) is 38.9 Å². The van der Waals surface area contributed by atoms with E-state index in [0.29, 0.717) is 29.0 Å². The molecular formula is C14H17ClN2O3. The smallest absolute Gasteiger partial charge is 0.275 e. The summed E-state index contributed by atoms with van der Waals surface area (Å²) in [5.41, 5.74) is 0.656. The molecular weight excluding hydrogens is 280 g/mol. The summed E-state index contributed by atoms with van der Waals surface area (Å²) in [5.74, 6) is 0.836. The number of aliphatic hydroxyl groups excluding tert-OH is 1. The summed E-state index contributed by atoms with van der Waals surface area (Å²) < 4.78 is 0. The third-order valence-corrected chi connectivity index (χ3v) is 4.92. The second kappa shape index (κ2) is 5.31. The Labute approximate surface area is 122 Å². The third-order valence-electron chi connectivity index (χ3n) is 4.57. The number of likely N-dealkylation sites (tertiary alicyclic amines) is 1. The van der Waals surface area contributed by atoms with Crippen molar-refractivity contribution in [2.45, 2.75) is 25.5 Å². The van der Waals surface area contributed by atoms with Crippen LogP contribution in [0.15, 0.2) is 18.2 Å². The molecule has 5 nitrogen and oxygen atoms in total. The van der Waals surface area contributed by atoms with Gasteiger partial charge in [0.1, 0.15) is 0 Å². The second-order valence-electron chi connectivity index (χ2n) is 5.76. The molecule has 2 fully saturated rings. The molecule has 1 aliphatic heterocycles. The van der Waals surface area contributed by atoms with Crippen LogP contribution in [0.1, 0.15) is 18.4 Å². The van der Waals surface area contributed by atoms with Gasteiger partial charge in [-0.2, -0.15) is 0 Å². The Balaban J connectivity index is 1.78. The molecule has 3 unspecified atom stereocenters. The lowest BCUT2D eigenvalue weighted by Gasteiger charge is -2.18. The minimum Gasteiger partial charge on any atom is -0.393 e. The van der Waals surface area contributed by atoms with E-state index in [1.54, 1.807) is 12.1 Å². The van der Waals surface area contributed by atoms with Crippen LogP contribution in [0.2, 0.25) is 5.02 Å². The number of nitrogens with zero attached hydrogens (tertiary/aromatic N) is 2. The van der Waals surface area contributed by atoms with E-state index in [0.717, 1.165) is 25.9 Å². The number of halogens is 1. The quantitative estimate of drug-likeness (QED) is 0.687. The molecule has 2 aliphatic rings. The molecule has 20 heavy (non-hydrogen) atoms. The molecule has 1 saturated carbocycles. The predicted octanol–water partition coefficient (Wildman–Crippen LogP) is 2.45. The van der Waals surface area contributed by atoms with Gasteiger partial charge in [0.05, 0.1) is 21.6 Å². The molecule has 0 aromatic heterocycles. The maximum Gasteiger partial charge on any atom is 0.275 e. The van der Waals surface area contributed by atoms with E-state index in [-0.39, 0.29) is 16.7 Å². The van der Waals surface area contributed by atoms with Gasteiger partial charge in [-0.05, 0) is 24.8 Å². The van der Waals surface area contributed by atoms with Crippen molar-refractivity contribution < 1.29 is 10.0 Å². The molecule has 3 atom stereocenters. The maximum atomic E-state index is 11.1. The van der Waals surface area contributed by atoms with Gasteiger partial charge >= 0.3 is 0 Å². The predicted molar refractivity (Wildman–Crippen MR) is 75.6 cm³/mol. The number of hydrogen-bond donors (Lipinski definition) is 1. The van der Waals surface area contributed by atoms with Gasteiger partial charge in [0.2, 0.25) is 0 Å². The maximum absolute atomic E-state index is 11.1. The van der Waals surface area contributed by atoms with Crippen molar-refractivity contribution in [1.29, 1.82) is 0 Å². The van der Waals surface area contributed by atoms with Crippen LogP contribution in [0, 0.1) is 22.0 Å². The topological polar surface area (TPSA) is 66.6 Å². The van der Waals surface area contributed by atoms with E-state index in [9.17, 15) is 15.2 Å². The number of hydrogen-bond acceptors (Lipinski definition) is 4. The number of rotatable bonds is 3. The first-order chi connectivity index (χ1) is 9.56. The fourth-order valence-electron chi connectivity index (χ4n) is 3.56.